The molecular weight excluding hydrogens is 285 g/mol. The molecule has 1 aliphatic heterocycles. The molecular formula is C14H19Cl2NO2. The van der Waals surface area contributed by atoms with Gasteiger partial charge in [0.2, 0.25) is 0 Å². The van der Waals surface area contributed by atoms with Gasteiger partial charge in [0.05, 0.1) is 23.1 Å². The molecule has 0 amide bonds. The Morgan fingerprint density at radius 1 is 1.47 bits per heavy atom. The van der Waals surface area contributed by atoms with Crippen molar-refractivity contribution in [2.45, 2.75) is 19.8 Å². The van der Waals surface area contributed by atoms with Crippen LogP contribution in [-0.4, -0.2) is 25.5 Å². The third-order valence-electron chi connectivity index (χ3n) is 3.13. The second-order valence-electron chi connectivity index (χ2n) is 4.55. The van der Waals surface area contributed by atoms with Crippen molar-refractivity contribution in [3.8, 4) is 5.75 Å². The van der Waals surface area contributed by atoms with Crippen LogP contribution in [0.5, 0.6) is 5.75 Å². The zero-order valence-corrected chi connectivity index (χ0v) is 12.5. The van der Waals surface area contributed by atoms with Crippen molar-refractivity contribution in [3.63, 3.8) is 0 Å². The van der Waals surface area contributed by atoms with Crippen molar-refractivity contribution in [1.29, 1.82) is 0 Å². The van der Waals surface area contributed by atoms with Gasteiger partial charge in [-0.15, -0.1) is 12.4 Å². The molecule has 0 radical (unpaired) electrons. The van der Waals surface area contributed by atoms with Crippen LogP contribution < -0.4 is 10.1 Å². The Hall–Kier alpha value is -0.770. The Morgan fingerprint density at radius 3 is 3.00 bits per heavy atom. The number of hydrogen-bond donors (Lipinski definition) is 1. The summed E-state index contributed by atoms with van der Waals surface area (Å²) in [5, 5.41) is 3.81. The summed E-state index contributed by atoms with van der Waals surface area (Å²) in [5.41, 5.74) is 0.607. The molecule has 1 aromatic carbocycles. The maximum atomic E-state index is 12.3. The van der Waals surface area contributed by atoms with E-state index < -0.39 is 0 Å². The summed E-state index contributed by atoms with van der Waals surface area (Å²) in [7, 11) is 0. The molecule has 3 nitrogen and oxygen atoms in total. The molecule has 1 heterocycles. The minimum atomic E-state index is -0.104. The molecule has 1 atom stereocenters. The van der Waals surface area contributed by atoms with Crippen molar-refractivity contribution in [1.82, 2.24) is 5.32 Å². The highest BCUT2D eigenvalue weighted by Gasteiger charge is 2.29. The summed E-state index contributed by atoms with van der Waals surface area (Å²) >= 11 is 6.01. The van der Waals surface area contributed by atoms with Crippen LogP contribution in [0.4, 0.5) is 0 Å². The van der Waals surface area contributed by atoms with Crippen LogP contribution in [0.25, 0.3) is 0 Å². The van der Waals surface area contributed by atoms with E-state index in [-0.39, 0.29) is 24.1 Å². The van der Waals surface area contributed by atoms with E-state index in [2.05, 4.69) is 12.2 Å². The lowest BCUT2D eigenvalue weighted by Gasteiger charge is -2.25. The van der Waals surface area contributed by atoms with Crippen LogP contribution in [0.15, 0.2) is 18.2 Å². The molecule has 0 fully saturated rings. The van der Waals surface area contributed by atoms with Crippen LogP contribution >= 0.6 is 24.0 Å². The third kappa shape index (κ3) is 3.85. The van der Waals surface area contributed by atoms with Gasteiger partial charge in [-0.1, -0.05) is 31.0 Å². The smallest absolute Gasteiger partial charge is 0.174 e. The average molecular weight is 304 g/mol. The van der Waals surface area contributed by atoms with Crippen molar-refractivity contribution in [2.75, 3.05) is 19.7 Å². The summed E-state index contributed by atoms with van der Waals surface area (Å²) in [6.07, 6.45) is 2.28. The van der Waals surface area contributed by atoms with Crippen molar-refractivity contribution in [2.24, 2.45) is 5.92 Å². The van der Waals surface area contributed by atoms with Crippen molar-refractivity contribution >= 4 is 29.8 Å². The molecule has 106 valence electrons. The van der Waals surface area contributed by atoms with E-state index in [4.69, 9.17) is 16.3 Å². The maximum Gasteiger partial charge on any atom is 0.174 e. The van der Waals surface area contributed by atoms with Gasteiger partial charge in [-0.2, -0.15) is 0 Å². The molecule has 0 saturated heterocycles. The second kappa shape index (κ2) is 7.73. The summed E-state index contributed by atoms with van der Waals surface area (Å²) < 4.78 is 5.60. The molecule has 0 spiro atoms. The second-order valence-corrected chi connectivity index (χ2v) is 4.95. The van der Waals surface area contributed by atoms with Gasteiger partial charge in [0.1, 0.15) is 5.75 Å². The van der Waals surface area contributed by atoms with E-state index >= 15 is 0 Å². The average Bonchev–Trinajstić information content (AvgIpc) is 2.38. The number of unbranched alkanes of at least 4 members (excludes halogenated alkanes) is 1. The van der Waals surface area contributed by atoms with E-state index in [1.165, 1.54) is 0 Å². The number of ether oxygens (including phenoxy) is 1. The molecule has 5 heteroatoms. The number of para-hydroxylation sites is 1. The molecule has 1 unspecified atom stereocenters. The van der Waals surface area contributed by atoms with E-state index in [1.54, 1.807) is 18.2 Å². The minimum absolute atomic E-state index is 0. The topological polar surface area (TPSA) is 38.3 Å². The Bertz CT molecular complexity index is 437. The summed E-state index contributed by atoms with van der Waals surface area (Å²) in [4.78, 5) is 12.3. The Morgan fingerprint density at radius 2 is 2.26 bits per heavy atom. The first kappa shape index (κ1) is 16.3. The van der Waals surface area contributed by atoms with Crippen molar-refractivity contribution in [3.05, 3.63) is 28.8 Å². The molecule has 1 aromatic rings. The lowest BCUT2D eigenvalue weighted by Crippen LogP contribution is -2.36. The zero-order chi connectivity index (χ0) is 13.0. The first-order valence-corrected chi connectivity index (χ1v) is 6.78. The van der Waals surface area contributed by atoms with Gasteiger partial charge in [-0.3, -0.25) is 4.79 Å². The third-order valence-corrected chi connectivity index (χ3v) is 3.43. The fourth-order valence-corrected chi connectivity index (χ4v) is 2.29. The van der Waals surface area contributed by atoms with E-state index in [9.17, 15) is 4.79 Å². The number of benzene rings is 1. The van der Waals surface area contributed by atoms with Crippen LogP contribution in [0.2, 0.25) is 5.02 Å². The normalized spacial score (nSPS) is 17.4. The predicted molar refractivity (Wildman–Crippen MR) is 79.8 cm³/mol. The largest absolute Gasteiger partial charge is 0.490 e. The number of fused-ring (bicyclic) bond motifs is 1. The minimum Gasteiger partial charge on any atom is -0.490 e. The summed E-state index contributed by atoms with van der Waals surface area (Å²) in [6.45, 7) is 4.18. The van der Waals surface area contributed by atoms with Crippen LogP contribution in [0.3, 0.4) is 0 Å². The predicted octanol–water partition coefficient (Wildman–Crippen LogP) is 3.34. The molecule has 0 bridgehead atoms. The number of Topliss-reactive ketones (excluding diaryl/α,β-unsaturated/α-hetero) is 1. The Balaban J connectivity index is 0.00000180. The highest BCUT2D eigenvalue weighted by atomic mass is 35.5. The highest BCUT2D eigenvalue weighted by molar-refractivity contribution is 6.32. The highest BCUT2D eigenvalue weighted by Crippen LogP contribution is 2.33. The van der Waals surface area contributed by atoms with Gasteiger partial charge in [-0.25, -0.2) is 0 Å². The molecule has 19 heavy (non-hydrogen) atoms. The molecule has 1 aliphatic rings. The number of rotatable bonds is 5. The first-order chi connectivity index (χ1) is 8.74. The number of nitrogens with one attached hydrogen (secondary N) is 1. The molecule has 0 aliphatic carbocycles. The molecule has 0 saturated carbocycles. The van der Waals surface area contributed by atoms with E-state index in [0.717, 1.165) is 19.4 Å². The number of ketones is 1. The van der Waals surface area contributed by atoms with E-state index in [1.807, 2.05) is 0 Å². The fourth-order valence-electron chi connectivity index (χ4n) is 2.06. The first-order valence-electron chi connectivity index (χ1n) is 6.40. The number of carbonyl (C=O) groups is 1. The zero-order valence-electron chi connectivity index (χ0n) is 10.9. The lowest BCUT2D eigenvalue weighted by molar-refractivity contribution is 0.0830. The quantitative estimate of drug-likeness (QED) is 0.848. The van der Waals surface area contributed by atoms with Gasteiger partial charge in [0, 0.05) is 6.54 Å². The van der Waals surface area contributed by atoms with Crippen LogP contribution in [0, 0.1) is 5.92 Å². The number of carbonyl (C=O) groups excluding carboxylic acids is 1. The van der Waals surface area contributed by atoms with Crippen LogP contribution in [-0.2, 0) is 0 Å². The van der Waals surface area contributed by atoms with Gasteiger partial charge in [-0.05, 0) is 25.1 Å². The van der Waals surface area contributed by atoms with E-state index in [0.29, 0.717) is 29.5 Å². The number of halogens is 2. The fraction of sp³-hybridized carbons (Fsp3) is 0.500. The molecule has 2 rings (SSSR count). The van der Waals surface area contributed by atoms with Gasteiger partial charge in [0.25, 0.3) is 0 Å². The maximum absolute atomic E-state index is 12.3. The summed E-state index contributed by atoms with van der Waals surface area (Å²) in [5.74, 6) is 0.560. The monoisotopic (exact) mass is 303 g/mol. The molecule has 1 N–H and O–H groups in total. The molecule has 0 aromatic heterocycles. The Kier molecular flexibility index (Phi) is 6.63. The standard InChI is InChI=1S/C14H18ClNO2.ClH/c1-2-3-7-16-8-10-9-18-14-11(13(10)17)5-4-6-12(14)15;/h4-6,10,16H,2-3,7-9H2,1H3;1H. The van der Waals surface area contributed by atoms with Gasteiger partial charge >= 0.3 is 0 Å². The lowest BCUT2D eigenvalue weighted by atomic mass is 9.95. The number of hydrogen-bond acceptors (Lipinski definition) is 3. The Labute approximate surface area is 125 Å². The van der Waals surface area contributed by atoms with Gasteiger partial charge < -0.3 is 10.1 Å². The van der Waals surface area contributed by atoms with Gasteiger partial charge in [0.15, 0.2) is 5.78 Å². The van der Waals surface area contributed by atoms with Crippen molar-refractivity contribution < 1.29 is 9.53 Å². The summed E-state index contributed by atoms with van der Waals surface area (Å²) in [6, 6.07) is 5.31. The van der Waals surface area contributed by atoms with Crippen LogP contribution in [0.1, 0.15) is 30.1 Å². The SMILES string of the molecule is CCCCNCC1COc2c(Cl)cccc2C1=O.Cl.